The number of hydrogen-bond acceptors (Lipinski definition) is 3. The van der Waals surface area contributed by atoms with Gasteiger partial charge in [-0.25, -0.2) is 4.98 Å². The predicted molar refractivity (Wildman–Crippen MR) is 76.2 cm³/mol. The van der Waals surface area contributed by atoms with Crippen LogP contribution in [0.15, 0.2) is 24.4 Å². The van der Waals surface area contributed by atoms with Crippen molar-refractivity contribution in [1.29, 1.82) is 0 Å². The highest BCUT2D eigenvalue weighted by molar-refractivity contribution is 6.31. The highest BCUT2D eigenvalue weighted by Crippen LogP contribution is 2.23. The molecule has 3 rings (SSSR count). The van der Waals surface area contributed by atoms with Crippen molar-refractivity contribution < 1.29 is 0 Å². The molecule has 2 heterocycles. The van der Waals surface area contributed by atoms with Crippen molar-refractivity contribution in [3.05, 3.63) is 40.7 Å². The fourth-order valence-electron chi connectivity index (χ4n) is 2.26. The standard InChI is InChI=1S/C13H14ClN5/c1-8-9(6-18(2)17-8)7-19-12-4-3-10(14)5-11(12)16-13(19)15/h3-6H,7H2,1-2H3,(H2,15,16). The Labute approximate surface area is 115 Å². The van der Waals surface area contributed by atoms with E-state index in [1.807, 2.05) is 42.9 Å². The molecule has 0 amide bonds. The molecule has 2 N–H and O–H groups in total. The molecule has 0 aliphatic carbocycles. The molecule has 0 saturated heterocycles. The van der Waals surface area contributed by atoms with Gasteiger partial charge in [0.2, 0.25) is 5.95 Å². The zero-order chi connectivity index (χ0) is 13.6. The smallest absolute Gasteiger partial charge is 0.201 e. The molecule has 19 heavy (non-hydrogen) atoms. The average Bonchev–Trinajstić information content (AvgIpc) is 2.80. The second-order valence-electron chi connectivity index (χ2n) is 4.60. The summed E-state index contributed by atoms with van der Waals surface area (Å²) in [5.74, 6) is 0.487. The number of nitrogen functional groups attached to an aromatic ring is 1. The minimum Gasteiger partial charge on any atom is -0.369 e. The maximum Gasteiger partial charge on any atom is 0.201 e. The summed E-state index contributed by atoms with van der Waals surface area (Å²) in [6.45, 7) is 2.64. The maximum atomic E-state index is 5.99. The van der Waals surface area contributed by atoms with E-state index in [0.29, 0.717) is 17.5 Å². The number of imidazole rings is 1. The Hall–Kier alpha value is -2.01. The normalized spacial score (nSPS) is 11.3. The third kappa shape index (κ3) is 2.06. The van der Waals surface area contributed by atoms with Crippen molar-refractivity contribution in [2.75, 3.05) is 5.73 Å². The van der Waals surface area contributed by atoms with E-state index >= 15 is 0 Å². The van der Waals surface area contributed by atoms with Crippen molar-refractivity contribution in [3.8, 4) is 0 Å². The molecule has 98 valence electrons. The highest BCUT2D eigenvalue weighted by atomic mass is 35.5. The Kier molecular flexibility index (Phi) is 2.71. The molecular weight excluding hydrogens is 262 g/mol. The van der Waals surface area contributed by atoms with E-state index in [4.69, 9.17) is 17.3 Å². The van der Waals surface area contributed by atoms with Crippen LogP contribution in [0.5, 0.6) is 0 Å². The van der Waals surface area contributed by atoms with Gasteiger partial charge in [0.05, 0.1) is 23.3 Å². The number of rotatable bonds is 2. The van der Waals surface area contributed by atoms with Crippen molar-refractivity contribution >= 4 is 28.6 Å². The Balaban J connectivity index is 2.10. The molecule has 0 atom stereocenters. The number of fused-ring (bicyclic) bond motifs is 1. The molecule has 1 aromatic carbocycles. The van der Waals surface area contributed by atoms with Gasteiger partial charge in [0.25, 0.3) is 0 Å². The Morgan fingerprint density at radius 2 is 2.16 bits per heavy atom. The fraction of sp³-hybridized carbons (Fsp3) is 0.231. The highest BCUT2D eigenvalue weighted by Gasteiger charge is 2.11. The number of halogens is 1. The number of nitrogens with zero attached hydrogens (tertiary/aromatic N) is 4. The molecule has 2 aromatic heterocycles. The van der Waals surface area contributed by atoms with Crippen LogP contribution in [0.2, 0.25) is 5.02 Å². The number of aromatic nitrogens is 4. The third-order valence-corrected chi connectivity index (χ3v) is 3.42. The van der Waals surface area contributed by atoms with Crippen molar-refractivity contribution in [2.45, 2.75) is 13.5 Å². The second-order valence-corrected chi connectivity index (χ2v) is 5.04. The average molecular weight is 276 g/mol. The first-order valence-electron chi connectivity index (χ1n) is 5.95. The molecule has 0 spiro atoms. The van der Waals surface area contributed by atoms with E-state index in [1.54, 1.807) is 4.68 Å². The molecule has 0 bridgehead atoms. The summed E-state index contributed by atoms with van der Waals surface area (Å²) >= 11 is 5.97. The van der Waals surface area contributed by atoms with Crippen LogP contribution in [0.3, 0.4) is 0 Å². The first-order chi connectivity index (χ1) is 9.04. The first-order valence-corrected chi connectivity index (χ1v) is 6.33. The number of aryl methyl sites for hydroxylation is 2. The van der Waals surface area contributed by atoms with Crippen LogP contribution in [0.4, 0.5) is 5.95 Å². The van der Waals surface area contributed by atoms with Gasteiger partial charge in [0.1, 0.15) is 0 Å². The SMILES string of the molecule is Cc1nn(C)cc1Cn1c(N)nc2cc(Cl)ccc21. The molecule has 5 nitrogen and oxygen atoms in total. The van der Waals surface area contributed by atoms with Gasteiger partial charge in [-0.05, 0) is 25.1 Å². The topological polar surface area (TPSA) is 61.7 Å². The molecule has 0 radical (unpaired) electrons. The van der Waals surface area contributed by atoms with Crippen LogP contribution >= 0.6 is 11.6 Å². The van der Waals surface area contributed by atoms with Gasteiger partial charge in [0, 0.05) is 23.8 Å². The first kappa shape index (κ1) is 12.0. The van der Waals surface area contributed by atoms with Gasteiger partial charge in [-0.15, -0.1) is 0 Å². The summed E-state index contributed by atoms with van der Waals surface area (Å²) in [4.78, 5) is 4.34. The molecule has 0 fully saturated rings. The summed E-state index contributed by atoms with van der Waals surface area (Å²) in [5, 5.41) is 5.00. The monoisotopic (exact) mass is 275 g/mol. The number of hydrogen-bond donors (Lipinski definition) is 1. The Morgan fingerprint density at radius 3 is 2.84 bits per heavy atom. The molecule has 0 aliphatic rings. The molecule has 0 unspecified atom stereocenters. The summed E-state index contributed by atoms with van der Waals surface area (Å²) in [6.07, 6.45) is 2.00. The van der Waals surface area contributed by atoms with Crippen LogP contribution in [0, 0.1) is 6.92 Å². The van der Waals surface area contributed by atoms with Crippen molar-refractivity contribution in [3.63, 3.8) is 0 Å². The number of nitrogens with two attached hydrogens (primary N) is 1. The summed E-state index contributed by atoms with van der Waals surface area (Å²) in [5.41, 5.74) is 9.90. The number of anilines is 1. The lowest BCUT2D eigenvalue weighted by molar-refractivity contribution is 0.756. The van der Waals surface area contributed by atoms with Crippen molar-refractivity contribution in [1.82, 2.24) is 19.3 Å². The quantitative estimate of drug-likeness (QED) is 0.781. The molecule has 0 aliphatic heterocycles. The van der Waals surface area contributed by atoms with Gasteiger partial charge in [-0.1, -0.05) is 11.6 Å². The Morgan fingerprint density at radius 1 is 1.37 bits per heavy atom. The maximum absolute atomic E-state index is 5.99. The minimum absolute atomic E-state index is 0.487. The van der Waals surface area contributed by atoms with Crippen LogP contribution in [-0.4, -0.2) is 19.3 Å². The summed E-state index contributed by atoms with van der Waals surface area (Å²) < 4.78 is 3.77. The number of benzene rings is 1. The van der Waals surface area contributed by atoms with Crippen LogP contribution in [-0.2, 0) is 13.6 Å². The van der Waals surface area contributed by atoms with Crippen LogP contribution < -0.4 is 5.73 Å². The Bertz CT molecular complexity index is 756. The van der Waals surface area contributed by atoms with Gasteiger partial charge in [-0.3, -0.25) is 4.68 Å². The summed E-state index contributed by atoms with van der Waals surface area (Å²) in [7, 11) is 1.91. The zero-order valence-corrected chi connectivity index (χ0v) is 11.5. The minimum atomic E-state index is 0.487. The van der Waals surface area contributed by atoms with Crippen LogP contribution in [0.1, 0.15) is 11.3 Å². The lowest BCUT2D eigenvalue weighted by atomic mass is 10.2. The molecule has 6 heteroatoms. The van der Waals surface area contributed by atoms with Gasteiger partial charge >= 0.3 is 0 Å². The lowest BCUT2D eigenvalue weighted by Crippen LogP contribution is -2.04. The summed E-state index contributed by atoms with van der Waals surface area (Å²) in [6, 6.07) is 5.60. The van der Waals surface area contributed by atoms with Crippen LogP contribution in [0.25, 0.3) is 11.0 Å². The molecule has 3 aromatic rings. The van der Waals surface area contributed by atoms with Gasteiger partial charge < -0.3 is 10.3 Å². The van der Waals surface area contributed by atoms with Gasteiger partial charge in [-0.2, -0.15) is 5.10 Å². The lowest BCUT2D eigenvalue weighted by Gasteiger charge is -2.05. The van der Waals surface area contributed by atoms with Gasteiger partial charge in [0.15, 0.2) is 0 Å². The van der Waals surface area contributed by atoms with E-state index in [0.717, 1.165) is 22.3 Å². The second kappa shape index (κ2) is 4.28. The van der Waals surface area contributed by atoms with Crippen molar-refractivity contribution in [2.24, 2.45) is 7.05 Å². The predicted octanol–water partition coefficient (Wildman–Crippen LogP) is 2.36. The molecular formula is C13H14ClN5. The third-order valence-electron chi connectivity index (χ3n) is 3.18. The van der Waals surface area contributed by atoms with E-state index in [9.17, 15) is 0 Å². The zero-order valence-electron chi connectivity index (χ0n) is 10.8. The van der Waals surface area contributed by atoms with E-state index in [2.05, 4.69) is 10.1 Å². The largest absolute Gasteiger partial charge is 0.369 e. The fourth-order valence-corrected chi connectivity index (χ4v) is 2.43. The molecule has 0 saturated carbocycles. The van der Waals surface area contributed by atoms with E-state index in [1.165, 1.54) is 0 Å². The van der Waals surface area contributed by atoms with E-state index in [-0.39, 0.29) is 0 Å². The van der Waals surface area contributed by atoms with E-state index < -0.39 is 0 Å².